The zero-order chi connectivity index (χ0) is 17.9. The quantitative estimate of drug-likeness (QED) is 0.898. The van der Waals surface area contributed by atoms with Crippen LogP contribution in [0.5, 0.6) is 0 Å². The smallest absolute Gasteiger partial charge is 0.332 e. The van der Waals surface area contributed by atoms with Crippen molar-refractivity contribution in [2.24, 2.45) is 7.05 Å². The summed E-state index contributed by atoms with van der Waals surface area (Å²) in [5.41, 5.74) is -0.150. The zero-order valence-electron chi connectivity index (χ0n) is 13.4. The van der Waals surface area contributed by atoms with Gasteiger partial charge in [-0.3, -0.25) is 0 Å². The Hall–Kier alpha value is -2.58. The van der Waals surface area contributed by atoms with Gasteiger partial charge in [-0.2, -0.15) is 13.2 Å². The molecule has 0 bridgehead atoms. The molecule has 2 amide bonds. The summed E-state index contributed by atoms with van der Waals surface area (Å²) in [6.45, 7) is 3.45. The van der Waals surface area contributed by atoms with Crippen LogP contribution in [0.25, 0.3) is 0 Å². The Morgan fingerprint density at radius 2 is 1.71 bits per heavy atom. The predicted octanol–water partition coefficient (Wildman–Crippen LogP) is 2.96. The van der Waals surface area contributed by atoms with E-state index in [1.807, 2.05) is 0 Å². The van der Waals surface area contributed by atoms with E-state index in [0.717, 1.165) is 12.1 Å². The average Bonchev–Trinajstić information content (AvgIpc) is 2.92. The first-order chi connectivity index (χ1) is 11.2. The second-order valence-electron chi connectivity index (χ2n) is 5.48. The highest BCUT2D eigenvalue weighted by atomic mass is 19.4. The molecule has 0 aliphatic heterocycles. The van der Waals surface area contributed by atoms with Gasteiger partial charge in [-0.1, -0.05) is 12.1 Å². The van der Waals surface area contributed by atoms with Crippen molar-refractivity contribution < 1.29 is 18.0 Å². The molecule has 2 atom stereocenters. The summed E-state index contributed by atoms with van der Waals surface area (Å²) in [6.07, 6.45) is -2.85. The lowest BCUT2D eigenvalue weighted by Gasteiger charge is -2.18. The minimum Gasteiger partial charge on any atom is -0.332 e. The molecule has 130 valence electrons. The van der Waals surface area contributed by atoms with Crippen LogP contribution in [0.1, 0.15) is 42.9 Å². The van der Waals surface area contributed by atoms with Crippen LogP contribution in [0.4, 0.5) is 18.0 Å². The lowest BCUT2D eigenvalue weighted by molar-refractivity contribution is -0.137. The Morgan fingerprint density at radius 3 is 2.21 bits per heavy atom. The lowest BCUT2D eigenvalue weighted by Crippen LogP contribution is -2.39. The number of alkyl halides is 3. The van der Waals surface area contributed by atoms with Gasteiger partial charge in [-0.25, -0.2) is 4.79 Å². The molecular formula is C15H18F3N5O. The zero-order valence-corrected chi connectivity index (χ0v) is 13.4. The number of amides is 2. The van der Waals surface area contributed by atoms with E-state index >= 15 is 0 Å². The molecule has 0 aliphatic carbocycles. The fourth-order valence-electron chi connectivity index (χ4n) is 2.23. The molecule has 2 N–H and O–H groups in total. The SMILES string of the molecule is C[C@H](NC(=O)N[C@H](C)c1ccc(C(F)(F)F)cc1)c1nncn1C. The van der Waals surface area contributed by atoms with Crippen LogP contribution in [-0.4, -0.2) is 20.8 Å². The molecule has 9 heteroatoms. The van der Waals surface area contributed by atoms with Crippen molar-refractivity contribution >= 4 is 6.03 Å². The molecule has 0 spiro atoms. The summed E-state index contributed by atoms with van der Waals surface area (Å²) < 4.78 is 39.3. The van der Waals surface area contributed by atoms with Crippen molar-refractivity contribution in [1.82, 2.24) is 25.4 Å². The van der Waals surface area contributed by atoms with Crippen LogP contribution in [0.3, 0.4) is 0 Å². The molecule has 0 saturated heterocycles. The summed E-state index contributed by atoms with van der Waals surface area (Å²) in [5.74, 6) is 0.590. The Bertz CT molecular complexity index is 696. The van der Waals surface area contributed by atoms with Crippen LogP contribution >= 0.6 is 0 Å². The molecule has 0 saturated carbocycles. The third-order valence-corrected chi connectivity index (χ3v) is 3.57. The molecule has 0 radical (unpaired) electrons. The summed E-state index contributed by atoms with van der Waals surface area (Å²) in [7, 11) is 1.76. The van der Waals surface area contributed by atoms with Crippen molar-refractivity contribution in [2.45, 2.75) is 32.1 Å². The highest BCUT2D eigenvalue weighted by molar-refractivity contribution is 5.74. The normalized spacial score (nSPS) is 14.1. The number of nitrogens with one attached hydrogen (secondary N) is 2. The molecule has 6 nitrogen and oxygen atoms in total. The number of benzene rings is 1. The first-order valence-electron chi connectivity index (χ1n) is 7.26. The van der Waals surface area contributed by atoms with E-state index in [1.54, 1.807) is 25.5 Å². The van der Waals surface area contributed by atoms with Crippen molar-refractivity contribution in [3.63, 3.8) is 0 Å². The molecule has 2 rings (SSSR count). The van der Waals surface area contributed by atoms with E-state index < -0.39 is 23.8 Å². The van der Waals surface area contributed by atoms with Gasteiger partial charge >= 0.3 is 12.2 Å². The van der Waals surface area contributed by atoms with Crippen LogP contribution in [0.15, 0.2) is 30.6 Å². The first kappa shape index (κ1) is 17.8. The molecule has 0 aliphatic rings. The number of rotatable bonds is 4. The van der Waals surface area contributed by atoms with Crippen LogP contribution < -0.4 is 10.6 Å². The molecule has 1 aromatic heterocycles. The van der Waals surface area contributed by atoms with Gasteiger partial charge in [0, 0.05) is 7.05 Å². The number of aryl methyl sites for hydroxylation is 1. The van der Waals surface area contributed by atoms with E-state index in [1.165, 1.54) is 18.5 Å². The predicted molar refractivity (Wildman–Crippen MR) is 80.9 cm³/mol. The van der Waals surface area contributed by atoms with Gasteiger partial charge in [0.15, 0.2) is 5.82 Å². The van der Waals surface area contributed by atoms with Crippen molar-refractivity contribution in [1.29, 1.82) is 0 Å². The monoisotopic (exact) mass is 341 g/mol. The third-order valence-electron chi connectivity index (χ3n) is 3.57. The summed E-state index contributed by atoms with van der Waals surface area (Å²) in [6, 6.07) is 3.43. The number of hydrogen-bond acceptors (Lipinski definition) is 3. The van der Waals surface area contributed by atoms with Crippen LogP contribution in [-0.2, 0) is 13.2 Å². The van der Waals surface area contributed by atoms with Crippen molar-refractivity contribution in [3.8, 4) is 0 Å². The minimum absolute atomic E-state index is 0.364. The van der Waals surface area contributed by atoms with Crippen molar-refractivity contribution in [2.75, 3.05) is 0 Å². The topological polar surface area (TPSA) is 71.8 Å². The van der Waals surface area contributed by atoms with Gasteiger partial charge in [0.05, 0.1) is 17.6 Å². The van der Waals surface area contributed by atoms with Gasteiger partial charge in [-0.05, 0) is 31.5 Å². The minimum atomic E-state index is -4.38. The molecule has 0 unspecified atom stereocenters. The number of urea groups is 1. The van der Waals surface area contributed by atoms with Gasteiger partial charge in [0.2, 0.25) is 0 Å². The second-order valence-corrected chi connectivity index (χ2v) is 5.48. The third kappa shape index (κ3) is 4.24. The number of carbonyl (C=O) groups is 1. The molecule has 1 heterocycles. The van der Waals surface area contributed by atoms with Gasteiger partial charge < -0.3 is 15.2 Å². The fourth-order valence-corrected chi connectivity index (χ4v) is 2.23. The van der Waals surface area contributed by atoms with E-state index in [0.29, 0.717) is 11.4 Å². The molecule has 2 aromatic rings. The summed E-state index contributed by atoms with van der Waals surface area (Å²) in [4.78, 5) is 12.0. The van der Waals surface area contributed by atoms with Crippen molar-refractivity contribution in [3.05, 3.63) is 47.5 Å². The first-order valence-corrected chi connectivity index (χ1v) is 7.26. The Balaban J connectivity index is 1.95. The standard InChI is InChI=1S/C15H18F3N5O/c1-9(11-4-6-12(7-5-11)15(16,17)18)20-14(24)21-10(2)13-22-19-8-23(13)3/h4-10H,1-3H3,(H2,20,21,24)/t9-,10+/m1/s1. The maximum absolute atomic E-state index is 12.5. The van der Waals surface area contributed by atoms with E-state index in [2.05, 4.69) is 20.8 Å². The number of carbonyl (C=O) groups excluding carboxylic acids is 1. The molecule has 24 heavy (non-hydrogen) atoms. The summed E-state index contributed by atoms with van der Waals surface area (Å²) >= 11 is 0. The van der Waals surface area contributed by atoms with E-state index in [-0.39, 0.29) is 6.04 Å². The Labute approximate surface area is 137 Å². The lowest BCUT2D eigenvalue weighted by atomic mass is 10.1. The highest BCUT2D eigenvalue weighted by Gasteiger charge is 2.30. The van der Waals surface area contributed by atoms with E-state index in [9.17, 15) is 18.0 Å². The van der Waals surface area contributed by atoms with Crippen LogP contribution in [0.2, 0.25) is 0 Å². The largest absolute Gasteiger partial charge is 0.416 e. The second kappa shape index (κ2) is 6.90. The molecular weight excluding hydrogens is 323 g/mol. The Morgan fingerprint density at radius 1 is 1.12 bits per heavy atom. The van der Waals surface area contributed by atoms with Crippen LogP contribution in [0, 0.1) is 0 Å². The number of halogens is 3. The van der Waals surface area contributed by atoms with Gasteiger partial charge in [-0.15, -0.1) is 10.2 Å². The number of nitrogens with zero attached hydrogens (tertiary/aromatic N) is 3. The maximum Gasteiger partial charge on any atom is 0.416 e. The maximum atomic E-state index is 12.5. The van der Waals surface area contributed by atoms with Gasteiger partial charge in [0.25, 0.3) is 0 Å². The average molecular weight is 341 g/mol. The molecule has 1 aromatic carbocycles. The molecule has 0 fully saturated rings. The number of hydrogen-bond donors (Lipinski definition) is 2. The van der Waals surface area contributed by atoms with E-state index in [4.69, 9.17) is 0 Å². The highest BCUT2D eigenvalue weighted by Crippen LogP contribution is 2.29. The fraction of sp³-hybridized carbons (Fsp3) is 0.400. The number of aromatic nitrogens is 3. The summed E-state index contributed by atoms with van der Waals surface area (Å²) in [5, 5.41) is 13.0. The Kier molecular flexibility index (Phi) is 5.10. The van der Waals surface area contributed by atoms with Gasteiger partial charge in [0.1, 0.15) is 6.33 Å².